The van der Waals surface area contributed by atoms with Crippen molar-refractivity contribution in [2.45, 2.75) is 59.5 Å². The first-order valence-electron chi connectivity index (χ1n) is 12.4. The van der Waals surface area contributed by atoms with Crippen molar-refractivity contribution in [3.63, 3.8) is 0 Å². The number of aryl methyl sites for hydroxylation is 1. The number of ether oxygens (including phenoxy) is 1. The molecule has 188 valence electrons. The molecule has 0 spiro atoms. The van der Waals surface area contributed by atoms with E-state index in [0.29, 0.717) is 47.8 Å². The Morgan fingerprint density at radius 1 is 1.11 bits per heavy atom. The van der Waals surface area contributed by atoms with Crippen LogP contribution in [0.15, 0.2) is 30.3 Å². The Balaban J connectivity index is 1.40. The number of carbonyl (C=O) groups is 2. The third-order valence-electron chi connectivity index (χ3n) is 6.92. The third-order valence-corrected chi connectivity index (χ3v) is 6.92. The van der Waals surface area contributed by atoms with Crippen molar-refractivity contribution in [2.24, 2.45) is 5.41 Å². The zero-order valence-electron chi connectivity index (χ0n) is 21.5. The molecular weight excluding hydrogens is 456 g/mol. The highest BCUT2D eigenvalue weighted by molar-refractivity contribution is 6.06. The van der Waals surface area contributed by atoms with Crippen LogP contribution in [-0.2, 0) is 24.2 Å². The molecule has 36 heavy (non-hydrogen) atoms. The molecule has 2 aromatic heterocycles. The second kappa shape index (κ2) is 9.04. The minimum Gasteiger partial charge on any atom is -0.496 e. The lowest BCUT2D eigenvalue weighted by atomic mass is 9.91. The molecule has 0 radical (unpaired) electrons. The van der Waals surface area contributed by atoms with Gasteiger partial charge >= 0.3 is 0 Å². The number of hydrogen-bond donors (Lipinski definition) is 1. The van der Waals surface area contributed by atoms with Crippen LogP contribution in [0.5, 0.6) is 5.75 Å². The van der Waals surface area contributed by atoms with Gasteiger partial charge in [-0.2, -0.15) is 0 Å². The zero-order chi connectivity index (χ0) is 25.6. The van der Waals surface area contributed by atoms with Crippen LogP contribution in [-0.4, -0.2) is 50.1 Å². The van der Waals surface area contributed by atoms with Crippen molar-refractivity contribution in [3.8, 4) is 17.3 Å². The highest BCUT2D eigenvalue weighted by Crippen LogP contribution is 2.32. The van der Waals surface area contributed by atoms with E-state index in [9.17, 15) is 9.59 Å². The summed E-state index contributed by atoms with van der Waals surface area (Å²) >= 11 is 0. The number of pyridine rings is 1. The fourth-order valence-corrected chi connectivity index (χ4v) is 4.99. The van der Waals surface area contributed by atoms with Crippen molar-refractivity contribution < 1.29 is 14.3 Å². The van der Waals surface area contributed by atoms with E-state index in [1.165, 1.54) is 0 Å². The van der Waals surface area contributed by atoms with E-state index in [0.717, 1.165) is 36.2 Å². The van der Waals surface area contributed by atoms with Crippen LogP contribution < -0.4 is 10.1 Å². The Bertz CT molecular complexity index is 1340. The van der Waals surface area contributed by atoms with Crippen LogP contribution in [0.3, 0.4) is 0 Å². The maximum atomic E-state index is 13.3. The molecule has 0 unspecified atom stereocenters. The molecule has 4 heterocycles. The molecule has 1 aromatic carbocycles. The van der Waals surface area contributed by atoms with Gasteiger partial charge in [-0.1, -0.05) is 26.8 Å². The Labute approximate surface area is 210 Å². The van der Waals surface area contributed by atoms with Gasteiger partial charge in [0.05, 0.1) is 12.7 Å². The first-order valence-corrected chi connectivity index (χ1v) is 12.4. The molecule has 5 rings (SSSR count). The van der Waals surface area contributed by atoms with E-state index in [2.05, 4.69) is 32.0 Å². The zero-order valence-corrected chi connectivity index (χ0v) is 21.5. The number of anilines is 1. The molecule has 0 fully saturated rings. The SMILES string of the molecule is COc1cc2c(cc1C(=O)Nc1cccc(-c3nnc4n3[C@@H](C)CC4)n1)CN(C(=O)C(C)(C)C)CC2. The average molecular weight is 489 g/mol. The predicted molar refractivity (Wildman–Crippen MR) is 136 cm³/mol. The summed E-state index contributed by atoms with van der Waals surface area (Å²) in [7, 11) is 1.56. The number of nitrogens with zero attached hydrogens (tertiary/aromatic N) is 5. The second-order valence-electron chi connectivity index (χ2n) is 10.6. The van der Waals surface area contributed by atoms with Gasteiger partial charge in [-0.25, -0.2) is 4.98 Å². The standard InChI is InChI=1S/C27H32N6O3/c1-16-9-10-23-30-31-24(33(16)23)20-7-6-8-22(28-20)29-25(34)19-13-18-15-32(26(35)27(2,3)4)12-11-17(18)14-21(19)36-5/h6-8,13-14,16H,9-12,15H2,1-5H3,(H,28,29,34)/t16-/m0/s1. The van der Waals surface area contributed by atoms with Crippen molar-refractivity contribution in [1.29, 1.82) is 0 Å². The monoisotopic (exact) mass is 488 g/mol. The van der Waals surface area contributed by atoms with Gasteiger partial charge in [0.2, 0.25) is 5.91 Å². The molecule has 0 saturated heterocycles. The minimum atomic E-state index is -0.455. The normalized spacial score (nSPS) is 16.9. The summed E-state index contributed by atoms with van der Waals surface area (Å²) in [5.74, 6) is 2.38. The highest BCUT2D eigenvalue weighted by atomic mass is 16.5. The molecule has 0 bridgehead atoms. The molecule has 3 aromatic rings. The van der Waals surface area contributed by atoms with E-state index in [-0.39, 0.29) is 11.8 Å². The molecular formula is C27H32N6O3. The van der Waals surface area contributed by atoms with Crippen molar-refractivity contribution in [1.82, 2.24) is 24.6 Å². The summed E-state index contributed by atoms with van der Waals surface area (Å²) in [5, 5.41) is 11.5. The molecule has 9 nitrogen and oxygen atoms in total. The Kier molecular flexibility index (Phi) is 6.02. The number of methoxy groups -OCH3 is 1. The molecule has 0 saturated carbocycles. The molecule has 1 N–H and O–H groups in total. The third kappa shape index (κ3) is 4.34. The summed E-state index contributed by atoms with van der Waals surface area (Å²) in [6, 6.07) is 9.53. The summed E-state index contributed by atoms with van der Waals surface area (Å²) in [6.45, 7) is 9.04. The molecule has 2 aliphatic heterocycles. The summed E-state index contributed by atoms with van der Waals surface area (Å²) < 4.78 is 7.68. The van der Waals surface area contributed by atoms with Gasteiger partial charge in [0, 0.05) is 31.0 Å². The summed E-state index contributed by atoms with van der Waals surface area (Å²) in [6.07, 6.45) is 2.66. The second-order valence-corrected chi connectivity index (χ2v) is 10.6. The van der Waals surface area contributed by atoms with Crippen LogP contribution in [0.4, 0.5) is 5.82 Å². The molecule has 1 atom stereocenters. The lowest BCUT2D eigenvalue weighted by molar-refractivity contribution is -0.140. The first-order chi connectivity index (χ1) is 17.2. The number of benzene rings is 1. The average Bonchev–Trinajstić information content (AvgIpc) is 3.44. The lowest BCUT2D eigenvalue weighted by Gasteiger charge is -2.34. The van der Waals surface area contributed by atoms with Crippen molar-refractivity contribution >= 4 is 17.6 Å². The topological polar surface area (TPSA) is 102 Å². The Morgan fingerprint density at radius 2 is 1.92 bits per heavy atom. The van der Waals surface area contributed by atoms with E-state index in [1.54, 1.807) is 13.2 Å². The lowest BCUT2D eigenvalue weighted by Crippen LogP contribution is -2.42. The van der Waals surface area contributed by atoms with E-state index in [1.807, 2.05) is 49.9 Å². The Hall–Kier alpha value is -3.75. The van der Waals surface area contributed by atoms with E-state index in [4.69, 9.17) is 4.74 Å². The van der Waals surface area contributed by atoms with Crippen LogP contribution in [0.2, 0.25) is 0 Å². The maximum absolute atomic E-state index is 13.3. The summed E-state index contributed by atoms with van der Waals surface area (Å²) in [4.78, 5) is 32.7. The van der Waals surface area contributed by atoms with Gasteiger partial charge in [0.25, 0.3) is 5.91 Å². The minimum absolute atomic E-state index is 0.102. The van der Waals surface area contributed by atoms with Gasteiger partial charge in [0.15, 0.2) is 5.82 Å². The quantitative estimate of drug-likeness (QED) is 0.595. The van der Waals surface area contributed by atoms with Gasteiger partial charge in [-0.15, -0.1) is 10.2 Å². The number of aromatic nitrogens is 4. The van der Waals surface area contributed by atoms with Crippen LogP contribution >= 0.6 is 0 Å². The van der Waals surface area contributed by atoms with E-state index >= 15 is 0 Å². The smallest absolute Gasteiger partial charge is 0.260 e. The van der Waals surface area contributed by atoms with Crippen LogP contribution in [0, 0.1) is 5.41 Å². The molecule has 9 heteroatoms. The first kappa shape index (κ1) is 24.0. The van der Waals surface area contributed by atoms with Crippen molar-refractivity contribution in [3.05, 3.63) is 52.8 Å². The largest absolute Gasteiger partial charge is 0.496 e. The number of nitrogens with one attached hydrogen (secondary N) is 1. The number of fused-ring (bicyclic) bond motifs is 2. The predicted octanol–water partition coefficient (Wildman–Crippen LogP) is 4.04. The maximum Gasteiger partial charge on any atom is 0.260 e. The van der Waals surface area contributed by atoms with Crippen molar-refractivity contribution in [2.75, 3.05) is 19.0 Å². The molecule has 2 amide bonds. The molecule has 2 aliphatic rings. The van der Waals surface area contributed by atoms with Gasteiger partial charge in [-0.3, -0.25) is 9.59 Å². The number of amides is 2. The number of rotatable bonds is 4. The van der Waals surface area contributed by atoms with Gasteiger partial charge < -0.3 is 19.5 Å². The van der Waals surface area contributed by atoms with Gasteiger partial charge in [0.1, 0.15) is 23.1 Å². The van der Waals surface area contributed by atoms with Crippen LogP contribution in [0.25, 0.3) is 11.5 Å². The number of hydrogen-bond acceptors (Lipinski definition) is 6. The highest BCUT2D eigenvalue weighted by Gasteiger charge is 2.31. The number of carbonyl (C=O) groups excluding carboxylic acids is 2. The fourth-order valence-electron chi connectivity index (χ4n) is 4.99. The fraction of sp³-hybridized carbons (Fsp3) is 0.444. The molecule has 0 aliphatic carbocycles. The Morgan fingerprint density at radius 3 is 2.67 bits per heavy atom. The summed E-state index contributed by atoms with van der Waals surface area (Å²) in [5.41, 5.74) is 2.67. The van der Waals surface area contributed by atoms with E-state index < -0.39 is 5.41 Å². The van der Waals surface area contributed by atoms with Gasteiger partial charge in [-0.05, 0) is 55.2 Å². The van der Waals surface area contributed by atoms with Crippen LogP contribution in [0.1, 0.15) is 67.5 Å².